The maximum Gasteiger partial charge on any atom is 0.282 e. The number of hydrogen-bond acceptors (Lipinski definition) is 2. The average Bonchev–Trinajstić information content (AvgIpc) is 3.22. The number of benzene rings is 1. The number of aromatic nitrogens is 2. The monoisotopic (exact) mass is 317 g/mol. The molecule has 4 nitrogen and oxygen atoms in total. The Kier molecular flexibility index (Phi) is 3.39. The molecule has 1 aromatic carbocycles. The van der Waals surface area contributed by atoms with Crippen LogP contribution in [0, 0.1) is 0 Å². The molecule has 2 heterocycles. The number of nitrogens with zero attached hydrogens (tertiary/aromatic N) is 3. The fourth-order valence-electron chi connectivity index (χ4n) is 3.66. The SMILES string of the molecule is O=C(Cn1nc(C(F)F)c2c1CCC2)N1CCc2ccccc21. The minimum Gasteiger partial charge on any atom is -0.310 e. The van der Waals surface area contributed by atoms with E-state index in [2.05, 4.69) is 5.10 Å². The van der Waals surface area contributed by atoms with E-state index in [4.69, 9.17) is 0 Å². The molecule has 0 N–H and O–H groups in total. The fraction of sp³-hybridized carbons (Fsp3) is 0.412. The number of anilines is 1. The molecule has 4 rings (SSSR count). The maximum atomic E-state index is 13.1. The third-order valence-corrected chi connectivity index (χ3v) is 4.72. The van der Waals surface area contributed by atoms with Crippen molar-refractivity contribution in [3.05, 3.63) is 46.8 Å². The van der Waals surface area contributed by atoms with Crippen LogP contribution in [0.4, 0.5) is 14.5 Å². The van der Waals surface area contributed by atoms with Gasteiger partial charge in [0.15, 0.2) is 0 Å². The van der Waals surface area contributed by atoms with Crippen LogP contribution in [0.25, 0.3) is 0 Å². The first-order valence-corrected chi connectivity index (χ1v) is 7.90. The van der Waals surface area contributed by atoms with Gasteiger partial charge in [0.25, 0.3) is 6.43 Å². The van der Waals surface area contributed by atoms with E-state index in [1.165, 1.54) is 4.68 Å². The highest BCUT2D eigenvalue weighted by atomic mass is 19.3. The molecule has 0 fully saturated rings. The molecule has 0 atom stereocenters. The van der Waals surface area contributed by atoms with Gasteiger partial charge in [0, 0.05) is 23.5 Å². The first-order valence-electron chi connectivity index (χ1n) is 7.90. The molecule has 1 aromatic heterocycles. The predicted octanol–water partition coefficient (Wildman–Crippen LogP) is 2.90. The maximum absolute atomic E-state index is 13.1. The normalized spacial score (nSPS) is 16.0. The molecule has 120 valence electrons. The molecule has 0 radical (unpaired) electrons. The summed E-state index contributed by atoms with van der Waals surface area (Å²) in [5.41, 5.74) is 3.39. The zero-order valence-corrected chi connectivity index (χ0v) is 12.6. The van der Waals surface area contributed by atoms with Gasteiger partial charge in [0.1, 0.15) is 12.2 Å². The van der Waals surface area contributed by atoms with Crippen LogP contribution in [0.1, 0.15) is 35.4 Å². The largest absolute Gasteiger partial charge is 0.310 e. The summed E-state index contributed by atoms with van der Waals surface area (Å²) in [5.74, 6) is -0.0898. The van der Waals surface area contributed by atoms with Crippen molar-refractivity contribution in [3.8, 4) is 0 Å². The number of amides is 1. The average molecular weight is 317 g/mol. The highest BCUT2D eigenvalue weighted by molar-refractivity contribution is 5.95. The van der Waals surface area contributed by atoms with Crippen LogP contribution >= 0.6 is 0 Å². The molecule has 1 aliphatic carbocycles. The Morgan fingerprint density at radius 2 is 2.04 bits per heavy atom. The Hall–Kier alpha value is -2.24. The van der Waals surface area contributed by atoms with Gasteiger partial charge >= 0.3 is 0 Å². The minimum absolute atomic E-state index is 0.0311. The predicted molar refractivity (Wildman–Crippen MR) is 81.7 cm³/mol. The Morgan fingerprint density at radius 3 is 2.87 bits per heavy atom. The lowest BCUT2D eigenvalue weighted by Crippen LogP contribution is -2.33. The van der Waals surface area contributed by atoms with Crippen LogP contribution < -0.4 is 4.90 Å². The molecular formula is C17H17F2N3O. The summed E-state index contributed by atoms with van der Waals surface area (Å²) in [5, 5.41) is 4.02. The first-order chi connectivity index (χ1) is 11.1. The zero-order chi connectivity index (χ0) is 16.0. The Morgan fingerprint density at radius 1 is 1.22 bits per heavy atom. The fourth-order valence-corrected chi connectivity index (χ4v) is 3.66. The van der Waals surface area contributed by atoms with Gasteiger partial charge in [0.2, 0.25) is 5.91 Å². The molecule has 1 amide bonds. The quantitative estimate of drug-likeness (QED) is 0.873. The summed E-state index contributed by atoms with van der Waals surface area (Å²) in [7, 11) is 0. The summed E-state index contributed by atoms with van der Waals surface area (Å²) in [6.45, 7) is 0.673. The standard InChI is InChI=1S/C17H17F2N3O/c18-17(19)16-12-5-3-7-14(12)22(20-16)10-15(23)21-9-8-11-4-1-2-6-13(11)21/h1-2,4,6,17H,3,5,7-10H2. The third-order valence-electron chi connectivity index (χ3n) is 4.72. The molecule has 0 unspecified atom stereocenters. The Balaban J connectivity index is 1.60. The van der Waals surface area contributed by atoms with Gasteiger partial charge in [0.05, 0.1) is 0 Å². The van der Waals surface area contributed by atoms with E-state index in [1.54, 1.807) is 4.90 Å². The molecular weight excluding hydrogens is 300 g/mol. The number of alkyl halides is 2. The number of rotatable bonds is 3. The summed E-state index contributed by atoms with van der Waals surface area (Å²) >= 11 is 0. The molecule has 0 saturated carbocycles. The van der Waals surface area contributed by atoms with Gasteiger partial charge in [-0.25, -0.2) is 8.78 Å². The molecule has 23 heavy (non-hydrogen) atoms. The lowest BCUT2D eigenvalue weighted by molar-refractivity contribution is -0.119. The summed E-state index contributed by atoms with van der Waals surface area (Å²) in [6.07, 6.45) is 0.467. The lowest BCUT2D eigenvalue weighted by Gasteiger charge is -2.18. The van der Waals surface area contributed by atoms with Crippen LogP contribution in [-0.4, -0.2) is 22.2 Å². The third kappa shape index (κ3) is 2.33. The van der Waals surface area contributed by atoms with Crippen LogP contribution in [-0.2, 0) is 30.6 Å². The number of fused-ring (bicyclic) bond motifs is 2. The summed E-state index contributed by atoms with van der Waals surface area (Å²) < 4.78 is 27.7. The van der Waals surface area contributed by atoms with Crippen molar-refractivity contribution >= 4 is 11.6 Å². The van der Waals surface area contributed by atoms with E-state index in [1.807, 2.05) is 24.3 Å². The number of para-hydroxylation sites is 1. The molecule has 0 bridgehead atoms. The van der Waals surface area contributed by atoms with Crippen molar-refractivity contribution < 1.29 is 13.6 Å². The molecule has 1 aliphatic heterocycles. The van der Waals surface area contributed by atoms with E-state index < -0.39 is 6.43 Å². The Labute approximate surface area is 132 Å². The number of carbonyl (C=O) groups excluding carboxylic acids is 1. The second-order valence-corrected chi connectivity index (χ2v) is 6.05. The van der Waals surface area contributed by atoms with Crippen molar-refractivity contribution in [1.82, 2.24) is 9.78 Å². The highest BCUT2D eigenvalue weighted by Crippen LogP contribution is 2.32. The number of halogens is 2. The topological polar surface area (TPSA) is 38.1 Å². The number of carbonyl (C=O) groups is 1. The first kappa shape index (κ1) is 14.4. The second kappa shape index (κ2) is 5.44. The van der Waals surface area contributed by atoms with Crippen LogP contribution in [0.2, 0.25) is 0 Å². The van der Waals surface area contributed by atoms with Gasteiger partial charge in [-0.3, -0.25) is 9.48 Å². The molecule has 0 saturated heterocycles. The summed E-state index contributed by atoms with van der Waals surface area (Å²) in [6, 6.07) is 7.81. The van der Waals surface area contributed by atoms with Gasteiger partial charge in [-0.05, 0) is 37.3 Å². The van der Waals surface area contributed by atoms with Gasteiger partial charge < -0.3 is 4.90 Å². The van der Waals surface area contributed by atoms with Crippen molar-refractivity contribution in [2.75, 3.05) is 11.4 Å². The van der Waals surface area contributed by atoms with E-state index in [0.29, 0.717) is 18.5 Å². The molecule has 2 aliphatic rings. The van der Waals surface area contributed by atoms with Gasteiger partial charge in [-0.15, -0.1) is 0 Å². The number of hydrogen-bond donors (Lipinski definition) is 0. The summed E-state index contributed by atoms with van der Waals surface area (Å²) in [4.78, 5) is 14.4. The zero-order valence-electron chi connectivity index (χ0n) is 12.6. The van der Waals surface area contributed by atoms with Gasteiger partial charge in [-0.2, -0.15) is 5.10 Å². The van der Waals surface area contributed by atoms with E-state index >= 15 is 0 Å². The molecule has 2 aromatic rings. The molecule has 0 spiro atoms. The van der Waals surface area contributed by atoms with Crippen molar-refractivity contribution in [2.45, 2.75) is 38.7 Å². The molecule has 6 heteroatoms. The van der Waals surface area contributed by atoms with Crippen molar-refractivity contribution in [1.29, 1.82) is 0 Å². The van der Waals surface area contributed by atoms with Crippen LogP contribution in [0.15, 0.2) is 24.3 Å². The second-order valence-electron chi connectivity index (χ2n) is 6.05. The van der Waals surface area contributed by atoms with Crippen molar-refractivity contribution in [2.24, 2.45) is 0 Å². The van der Waals surface area contributed by atoms with Crippen LogP contribution in [0.5, 0.6) is 0 Å². The van der Waals surface area contributed by atoms with E-state index in [-0.39, 0.29) is 18.1 Å². The van der Waals surface area contributed by atoms with Crippen LogP contribution in [0.3, 0.4) is 0 Å². The minimum atomic E-state index is -2.58. The lowest BCUT2D eigenvalue weighted by atomic mass is 10.2. The highest BCUT2D eigenvalue weighted by Gasteiger charge is 2.30. The van der Waals surface area contributed by atoms with Crippen molar-refractivity contribution in [3.63, 3.8) is 0 Å². The van der Waals surface area contributed by atoms with Gasteiger partial charge in [-0.1, -0.05) is 18.2 Å². The van der Waals surface area contributed by atoms with E-state index in [0.717, 1.165) is 36.2 Å². The Bertz CT molecular complexity index is 769. The van der Waals surface area contributed by atoms with E-state index in [9.17, 15) is 13.6 Å². The smallest absolute Gasteiger partial charge is 0.282 e.